The summed E-state index contributed by atoms with van der Waals surface area (Å²) < 4.78 is 1.60. The van der Waals surface area contributed by atoms with Crippen molar-refractivity contribution in [1.29, 1.82) is 0 Å². The smallest absolute Gasteiger partial charge is 0.137 e. The van der Waals surface area contributed by atoms with Crippen LogP contribution in [0, 0.1) is 5.41 Å². The molecular formula is C16H19Cl2N3O. The predicted octanol–water partition coefficient (Wildman–Crippen LogP) is 4.08. The lowest BCUT2D eigenvalue weighted by molar-refractivity contribution is -0.0297. The fourth-order valence-corrected chi connectivity index (χ4v) is 2.52. The molecular weight excluding hydrogens is 321 g/mol. The average Bonchev–Trinajstić information content (AvgIpc) is 2.89. The summed E-state index contributed by atoms with van der Waals surface area (Å²) >= 11 is 12.3. The molecule has 0 aliphatic rings. The average molecular weight is 340 g/mol. The number of nitrogens with zero attached hydrogens (tertiary/aromatic N) is 3. The van der Waals surface area contributed by atoms with Gasteiger partial charge in [0, 0.05) is 15.6 Å². The van der Waals surface area contributed by atoms with E-state index in [-0.39, 0.29) is 6.54 Å². The van der Waals surface area contributed by atoms with E-state index in [1.807, 2.05) is 20.8 Å². The predicted molar refractivity (Wildman–Crippen MR) is 89.9 cm³/mol. The Morgan fingerprint density at radius 2 is 1.86 bits per heavy atom. The monoisotopic (exact) mass is 339 g/mol. The van der Waals surface area contributed by atoms with E-state index in [1.165, 1.54) is 6.33 Å². The molecule has 1 unspecified atom stereocenters. The van der Waals surface area contributed by atoms with Gasteiger partial charge < -0.3 is 5.11 Å². The maximum absolute atomic E-state index is 11.1. The van der Waals surface area contributed by atoms with Crippen molar-refractivity contribution in [3.8, 4) is 0 Å². The highest BCUT2D eigenvalue weighted by atomic mass is 35.5. The summed E-state index contributed by atoms with van der Waals surface area (Å²) in [7, 11) is 0. The summed E-state index contributed by atoms with van der Waals surface area (Å²) in [5.74, 6) is 0. The maximum atomic E-state index is 11.1. The van der Waals surface area contributed by atoms with E-state index in [1.54, 1.807) is 41.4 Å². The van der Waals surface area contributed by atoms with Gasteiger partial charge in [-0.1, -0.05) is 62.2 Å². The number of aliphatic hydroxyl groups is 1. The second-order valence-corrected chi connectivity index (χ2v) is 7.05. The molecule has 0 aliphatic heterocycles. The van der Waals surface area contributed by atoms with Crippen LogP contribution in [-0.2, 0) is 6.54 Å². The van der Waals surface area contributed by atoms with E-state index < -0.39 is 11.0 Å². The highest BCUT2D eigenvalue weighted by Gasteiger charge is 2.38. The molecule has 1 atom stereocenters. The molecule has 0 aliphatic carbocycles. The number of hydrogen-bond acceptors (Lipinski definition) is 3. The van der Waals surface area contributed by atoms with Crippen LogP contribution in [0.2, 0.25) is 10.0 Å². The highest BCUT2D eigenvalue weighted by molar-refractivity contribution is 6.37. The molecule has 0 radical (unpaired) electrons. The Kier molecular flexibility index (Phi) is 4.95. The van der Waals surface area contributed by atoms with Crippen molar-refractivity contribution >= 4 is 29.3 Å². The lowest BCUT2D eigenvalue weighted by Crippen LogP contribution is -2.44. The summed E-state index contributed by atoms with van der Waals surface area (Å²) in [5, 5.41) is 16.3. The van der Waals surface area contributed by atoms with Gasteiger partial charge in [0.05, 0.1) is 6.54 Å². The zero-order valence-corrected chi connectivity index (χ0v) is 14.3. The lowest BCUT2D eigenvalue weighted by atomic mass is 9.76. The molecule has 1 aromatic heterocycles. The molecule has 1 aromatic carbocycles. The van der Waals surface area contributed by atoms with Crippen LogP contribution in [0.5, 0.6) is 0 Å². The van der Waals surface area contributed by atoms with Gasteiger partial charge in [0.15, 0.2) is 0 Å². The van der Waals surface area contributed by atoms with Crippen LogP contribution in [0.4, 0.5) is 0 Å². The van der Waals surface area contributed by atoms with Gasteiger partial charge in [-0.05, 0) is 17.5 Å². The van der Waals surface area contributed by atoms with E-state index in [0.29, 0.717) is 15.6 Å². The normalized spacial score (nSPS) is 15.2. The van der Waals surface area contributed by atoms with Crippen LogP contribution >= 0.6 is 23.2 Å². The molecule has 0 saturated heterocycles. The summed E-state index contributed by atoms with van der Waals surface area (Å²) in [6, 6.07) is 5.31. The Balaban J connectivity index is 2.37. The van der Waals surface area contributed by atoms with E-state index in [2.05, 4.69) is 10.1 Å². The molecule has 0 spiro atoms. The van der Waals surface area contributed by atoms with Crippen LogP contribution in [0.25, 0.3) is 6.08 Å². The van der Waals surface area contributed by atoms with Crippen molar-refractivity contribution in [2.75, 3.05) is 0 Å². The molecule has 1 heterocycles. The van der Waals surface area contributed by atoms with E-state index in [0.717, 1.165) is 0 Å². The molecule has 0 bridgehead atoms. The Morgan fingerprint density at radius 1 is 1.23 bits per heavy atom. The Hall–Kier alpha value is -1.36. The van der Waals surface area contributed by atoms with Gasteiger partial charge in [0.2, 0.25) is 0 Å². The van der Waals surface area contributed by atoms with Crippen LogP contribution < -0.4 is 0 Å². The van der Waals surface area contributed by atoms with Crippen LogP contribution in [-0.4, -0.2) is 25.5 Å². The molecule has 0 saturated carbocycles. The third-order valence-electron chi connectivity index (χ3n) is 3.69. The summed E-state index contributed by atoms with van der Waals surface area (Å²) in [6.07, 6.45) is 6.50. The van der Waals surface area contributed by atoms with Gasteiger partial charge in [-0.15, -0.1) is 0 Å². The minimum absolute atomic E-state index is 0.287. The molecule has 0 fully saturated rings. The second-order valence-electron chi connectivity index (χ2n) is 6.24. The molecule has 2 aromatic rings. The molecule has 1 N–H and O–H groups in total. The number of halogens is 2. The van der Waals surface area contributed by atoms with Crippen LogP contribution in [0.3, 0.4) is 0 Å². The first kappa shape index (κ1) is 17.0. The lowest BCUT2D eigenvalue weighted by Gasteiger charge is -2.37. The first-order chi connectivity index (χ1) is 10.2. The summed E-state index contributed by atoms with van der Waals surface area (Å²) in [5.41, 5.74) is -0.862. The second kappa shape index (κ2) is 6.41. The first-order valence-electron chi connectivity index (χ1n) is 6.91. The van der Waals surface area contributed by atoms with E-state index in [9.17, 15) is 5.11 Å². The summed E-state index contributed by atoms with van der Waals surface area (Å²) in [6.45, 7) is 6.17. The number of benzene rings is 1. The minimum Gasteiger partial charge on any atom is -0.383 e. The largest absolute Gasteiger partial charge is 0.383 e. The Labute approximate surface area is 140 Å². The molecule has 22 heavy (non-hydrogen) atoms. The van der Waals surface area contributed by atoms with Gasteiger partial charge in [0.25, 0.3) is 0 Å². The van der Waals surface area contributed by atoms with Gasteiger partial charge in [-0.2, -0.15) is 5.10 Å². The quantitative estimate of drug-likeness (QED) is 0.913. The molecule has 0 amide bonds. The van der Waals surface area contributed by atoms with Gasteiger partial charge in [-0.3, -0.25) is 0 Å². The Morgan fingerprint density at radius 3 is 2.36 bits per heavy atom. The molecule has 6 heteroatoms. The number of aromatic nitrogens is 3. The zero-order chi connectivity index (χ0) is 16.4. The van der Waals surface area contributed by atoms with E-state index in [4.69, 9.17) is 23.2 Å². The third kappa shape index (κ3) is 3.69. The molecule has 4 nitrogen and oxygen atoms in total. The minimum atomic E-state index is -1.14. The standard InChI is InChI=1S/C16H19Cl2N3O/c1-15(2,3)16(22,9-21-11-19-10-20-21)8-7-12-13(17)5-4-6-14(12)18/h4-8,10-11,22H,9H2,1-3H3/b8-7-. The van der Waals surface area contributed by atoms with Crippen LogP contribution in [0.1, 0.15) is 26.3 Å². The van der Waals surface area contributed by atoms with Crippen molar-refractivity contribution in [3.05, 3.63) is 52.5 Å². The number of rotatable bonds is 4. The first-order valence-corrected chi connectivity index (χ1v) is 7.66. The molecule has 2 rings (SSSR count). The number of hydrogen-bond donors (Lipinski definition) is 1. The highest BCUT2D eigenvalue weighted by Crippen LogP contribution is 2.35. The van der Waals surface area contributed by atoms with Crippen molar-refractivity contribution in [1.82, 2.24) is 14.8 Å². The van der Waals surface area contributed by atoms with E-state index >= 15 is 0 Å². The van der Waals surface area contributed by atoms with Crippen molar-refractivity contribution in [2.45, 2.75) is 32.9 Å². The molecule has 118 valence electrons. The van der Waals surface area contributed by atoms with Gasteiger partial charge in [0.1, 0.15) is 18.3 Å². The van der Waals surface area contributed by atoms with Gasteiger partial charge >= 0.3 is 0 Å². The van der Waals surface area contributed by atoms with Crippen molar-refractivity contribution in [3.63, 3.8) is 0 Å². The fourth-order valence-electron chi connectivity index (χ4n) is 1.99. The van der Waals surface area contributed by atoms with Crippen molar-refractivity contribution < 1.29 is 5.11 Å². The Bertz CT molecular complexity index is 642. The van der Waals surface area contributed by atoms with Crippen molar-refractivity contribution in [2.24, 2.45) is 5.41 Å². The van der Waals surface area contributed by atoms with Crippen LogP contribution in [0.15, 0.2) is 36.9 Å². The zero-order valence-electron chi connectivity index (χ0n) is 12.8. The SMILES string of the molecule is CC(C)(C)C(O)(/C=C\c1c(Cl)cccc1Cl)Cn1cncn1. The topological polar surface area (TPSA) is 50.9 Å². The summed E-state index contributed by atoms with van der Waals surface area (Å²) in [4.78, 5) is 3.91. The maximum Gasteiger partial charge on any atom is 0.137 e. The third-order valence-corrected chi connectivity index (χ3v) is 4.35. The fraction of sp³-hybridized carbons (Fsp3) is 0.375. The van der Waals surface area contributed by atoms with Gasteiger partial charge in [-0.25, -0.2) is 9.67 Å².